The summed E-state index contributed by atoms with van der Waals surface area (Å²) in [5, 5.41) is 3.85. The van der Waals surface area contributed by atoms with Crippen LogP contribution >= 0.6 is 0 Å². The molecule has 0 saturated carbocycles. The number of amides is 2. The number of benzene rings is 2. The largest absolute Gasteiger partial charge is 0.416 e. The summed E-state index contributed by atoms with van der Waals surface area (Å²) in [6.45, 7) is 0.00678. The van der Waals surface area contributed by atoms with Crippen molar-refractivity contribution in [1.82, 2.24) is 5.43 Å². The van der Waals surface area contributed by atoms with E-state index in [4.69, 9.17) is 0 Å². The molecule has 2 amide bonds. The van der Waals surface area contributed by atoms with Gasteiger partial charge in [0.2, 0.25) is 11.8 Å². The van der Waals surface area contributed by atoms with Crippen molar-refractivity contribution in [3.8, 4) is 0 Å². The highest BCUT2D eigenvalue weighted by Gasteiger charge is 2.36. The molecule has 0 spiro atoms. The van der Waals surface area contributed by atoms with Gasteiger partial charge in [-0.05, 0) is 23.8 Å². The Kier molecular flexibility index (Phi) is 5.25. The molecule has 1 fully saturated rings. The number of halogens is 3. The van der Waals surface area contributed by atoms with Crippen LogP contribution in [0.5, 0.6) is 0 Å². The molecule has 0 aliphatic carbocycles. The summed E-state index contributed by atoms with van der Waals surface area (Å²) in [6.07, 6.45) is -3.11. The molecule has 27 heavy (non-hydrogen) atoms. The zero-order chi connectivity index (χ0) is 19.4. The highest BCUT2D eigenvalue weighted by Crippen LogP contribution is 2.33. The number of alkyl halides is 3. The van der Waals surface area contributed by atoms with E-state index in [9.17, 15) is 22.8 Å². The first-order valence-electron chi connectivity index (χ1n) is 8.20. The third-order valence-corrected chi connectivity index (χ3v) is 4.17. The van der Waals surface area contributed by atoms with Gasteiger partial charge < -0.3 is 4.90 Å². The molecule has 2 aromatic carbocycles. The maximum absolute atomic E-state index is 12.9. The number of hydrazone groups is 1. The van der Waals surface area contributed by atoms with Gasteiger partial charge in [0.1, 0.15) is 0 Å². The molecule has 1 heterocycles. The fraction of sp³-hybridized carbons (Fsp3) is 0.211. The summed E-state index contributed by atoms with van der Waals surface area (Å²) in [6, 6.07) is 13.6. The van der Waals surface area contributed by atoms with E-state index in [-0.39, 0.29) is 18.7 Å². The molecule has 0 bridgehead atoms. The number of hydrogen-bond acceptors (Lipinski definition) is 3. The molecule has 0 radical (unpaired) electrons. The summed E-state index contributed by atoms with van der Waals surface area (Å²) < 4.78 is 38.6. The molecule has 1 aliphatic heterocycles. The second kappa shape index (κ2) is 7.61. The fourth-order valence-electron chi connectivity index (χ4n) is 2.78. The van der Waals surface area contributed by atoms with Crippen LogP contribution in [0.15, 0.2) is 59.7 Å². The van der Waals surface area contributed by atoms with Gasteiger partial charge in [0.05, 0.1) is 17.7 Å². The molecular formula is C19H16F3N3O2. The summed E-state index contributed by atoms with van der Waals surface area (Å²) in [5.74, 6) is -1.54. The first kappa shape index (κ1) is 18.6. The number of carbonyl (C=O) groups excluding carboxylic acids is 2. The second-order valence-corrected chi connectivity index (χ2v) is 6.10. The molecule has 3 rings (SSSR count). The van der Waals surface area contributed by atoms with Gasteiger partial charge in [-0.25, -0.2) is 5.43 Å². The third-order valence-electron chi connectivity index (χ3n) is 4.17. The SMILES string of the molecule is O=C(NN=Cc1ccccc1)C1CC(=O)N(c2cccc(C(F)(F)F)c2)C1. The zero-order valence-corrected chi connectivity index (χ0v) is 14.1. The van der Waals surface area contributed by atoms with Gasteiger partial charge >= 0.3 is 6.18 Å². The highest BCUT2D eigenvalue weighted by atomic mass is 19.4. The maximum Gasteiger partial charge on any atom is 0.416 e. The van der Waals surface area contributed by atoms with Crippen molar-refractivity contribution >= 4 is 23.7 Å². The number of anilines is 1. The average molecular weight is 375 g/mol. The lowest BCUT2D eigenvalue weighted by Gasteiger charge is -2.18. The first-order valence-corrected chi connectivity index (χ1v) is 8.20. The number of carbonyl (C=O) groups is 2. The molecule has 1 N–H and O–H groups in total. The van der Waals surface area contributed by atoms with Crippen molar-refractivity contribution in [3.05, 3.63) is 65.7 Å². The van der Waals surface area contributed by atoms with Gasteiger partial charge in [-0.2, -0.15) is 18.3 Å². The minimum atomic E-state index is -4.50. The fourth-order valence-corrected chi connectivity index (χ4v) is 2.78. The predicted molar refractivity (Wildman–Crippen MR) is 94.1 cm³/mol. The smallest absolute Gasteiger partial charge is 0.312 e. The molecule has 0 aromatic heterocycles. The van der Waals surface area contributed by atoms with Crippen LogP contribution in [0.2, 0.25) is 0 Å². The first-order chi connectivity index (χ1) is 12.8. The Morgan fingerprint density at radius 3 is 2.59 bits per heavy atom. The highest BCUT2D eigenvalue weighted by molar-refractivity contribution is 6.00. The molecule has 1 unspecified atom stereocenters. The Labute approximate surface area is 153 Å². The minimum Gasteiger partial charge on any atom is -0.312 e. The summed E-state index contributed by atoms with van der Waals surface area (Å²) in [5.41, 5.74) is 2.45. The molecule has 1 atom stereocenters. The lowest BCUT2D eigenvalue weighted by atomic mass is 10.1. The molecule has 1 saturated heterocycles. The normalized spacial score (nSPS) is 17.5. The molecular weight excluding hydrogens is 359 g/mol. The molecule has 2 aromatic rings. The van der Waals surface area contributed by atoms with Gasteiger partial charge in [-0.3, -0.25) is 9.59 Å². The Hall–Kier alpha value is -3.16. The van der Waals surface area contributed by atoms with Crippen molar-refractivity contribution in [3.63, 3.8) is 0 Å². The van der Waals surface area contributed by atoms with Crippen LogP contribution in [0, 0.1) is 5.92 Å². The van der Waals surface area contributed by atoms with Crippen LogP contribution in [0.1, 0.15) is 17.5 Å². The lowest BCUT2D eigenvalue weighted by molar-refractivity contribution is -0.137. The third kappa shape index (κ3) is 4.52. The van der Waals surface area contributed by atoms with E-state index in [0.29, 0.717) is 0 Å². The molecule has 140 valence electrons. The number of hydrogen-bond donors (Lipinski definition) is 1. The van der Waals surface area contributed by atoms with Crippen LogP contribution in [0.25, 0.3) is 0 Å². The van der Waals surface area contributed by atoms with Crippen molar-refractivity contribution < 1.29 is 22.8 Å². The Bertz CT molecular complexity index is 866. The van der Waals surface area contributed by atoms with E-state index < -0.39 is 29.5 Å². The Morgan fingerprint density at radius 2 is 1.89 bits per heavy atom. The van der Waals surface area contributed by atoms with E-state index in [1.807, 2.05) is 30.3 Å². The van der Waals surface area contributed by atoms with Gasteiger partial charge in [-0.15, -0.1) is 0 Å². The second-order valence-electron chi connectivity index (χ2n) is 6.10. The topological polar surface area (TPSA) is 61.8 Å². The van der Waals surface area contributed by atoms with Gasteiger partial charge in [-0.1, -0.05) is 36.4 Å². The van der Waals surface area contributed by atoms with Crippen LogP contribution in [0.4, 0.5) is 18.9 Å². The van der Waals surface area contributed by atoms with Crippen LogP contribution in [-0.4, -0.2) is 24.6 Å². The molecule has 1 aliphatic rings. The number of nitrogens with one attached hydrogen (secondary N) is 1. The number of nitrogens with zero attached hydrogens (tertiary/aromatic N) is 2. The van der Waals surface area contributed by atoms with Gasteiger partial charge in [0.15, 0.2) is 0 Å². The van der Waals surface area contributed by atoms with Crippen LogP contribution in [0.3, 0.4) is 0 Å². The zero-order valence-electron chi connectivity index (χ0n) is 14.1. The Morgan fingerprint density at radius 1 is 1.15 bits per heavy atom. The number of rotatable bonds is 4. The average Bonchev–Trinajstić information content (AvgIpc) is 3.04. The van der Waals surface area contributed by atoms with E-state index in [1.165, 1.54) is 23.2 Å². The minimum absolute atomic E-state index is 0.00678. The van der Waals surface area contributed by atoms with Gasteiger partial charge in [0, 0.05) is 18.7 Å². The van der Waals surface area contributed by atoms with Gasteiger partial charge in [0.25, 0.3) is 0 Å². The molecule has 8 heteroatoms. The van der Waals surface area contributed by atoms with Crippen LogP contribution < -0.4 is 10.3 Å². The quantitative estimate of drug-likeness (QED) is 0.659. The van der Waals surface area contributed by atoms with Crippen molar-refractivity contribution in [2.24, 2.45) is 11.0 Å². The van der Waals surface area contributed by atoms with Crippen LogP contribution in [-0.2, 0) is 15.8 Å². The van der Waals surface area contributed by atoms with E-state index in [0.717, 1.165) is 17.7 Å². The Balaban J connectivity index is 1.65. The standard InChI is InChI=1S/C19H16F3N3O2/c20-19(21,22)15-7-4-8-16(10-15)25-12-14(9-17(25)26)18(27)24-23-11-13-5-2-1-3-6-13/h1-8,10-11,14H,9,12H2,(H,24,27). The van der Waals surface area contributed by atoms with E-state index in [2.05, 4.69) is 10.5 Å². The predicted octanol–water partition coefficient (Wildman–Crippen LogP) is 3.21. The maximum atomic E-state index is 12.9. The lowest BCUT2D eigenvalue weighted by Crippen LogP contribution is -2.30. The van der Waals surface area contributed by atoms with Crippen molar-refractivity contribution in [2.75, 3.05) is 11.4 Å². The molecule has 5 nitrogen and oxygen atoms in total. The van der Waals surface area contributed by atoms with E-state index in [1.54, 1.807) is 0 Å². The van der Waals surface area contributed by atoms with Crippen molar-refractivity contribution in [2.45, 2.75) is 12.6 Å². The summed E-state index contributed by atoms with van der Waals surface area (Å²) >= 11 is 0. The van der Waals surface area contributed by atoms with E-state index >= 15 is 0 Å². The summed E-state index contributed by atoms with van der Waals surface area (Å²) in [7, 11) is 0. The monoisotopic (exact) mass is 375 g/mol. The van der Waals surface area contributed by atoms with Crippen molar-refractivity contribution in [1.29, 1.82) is 0 Å². The summed E-state index contributed by atoms with van der Waals surface area (Å²) in [4.78, 5) is 25.6.